The van der Waals surface area contributed by atoms with Crippen molar-refractivity contribution in [3.05, 3.63) is 41.0 Å². The maximum absolute atomic E-state index is 13.7. The molecule has 1 heterocycles. The SMILES string of the molecule is Cc1ccc(NC(=O)CCNS(=O)(=O)c2c(C)noc2C)c(F)c1. The number of amides is 1. The van der Waals surface area contributed by atoms with Gasteiger partial charge in [-0.25, -0.2) is 17.5 Å². The smallest absolute Gasteiger partial charge is 0.245 e. The van der Waals surface area contributed by atoms with Crippen LogP contribution in [0.5, 0.6) is 0 Å². The quantitative estimate of drug-likeness (QED) is 0.826. The topological polar surface area (TPSA) is 101 Å². The number of rotatable bonds is 6. The lowest BCUT2D eigenvalue weighted by molar-refractivity contribution is -0.116. The number of aromatic nitrogens is 1. The van der Waals surface area contributed by atoms with E-state index in [1.165, 1.54) is 26.0 Å². The van der Waals surface area contributed by atoms with Crippen LogP contribution >= 0.6 is 0 Å². The number of carbonyl (C=O) groups is 1. The lowest BCUT2D eigenvalue weighted by Gasteiger charge is -2.08. The molecule has 2 rings (SSSR count). The molecule has 0 atom stereocenters. The summed E-state index contributed by atoms with van der Waals surface area (Å²) in [6, 6.07) is 4.42. The van der Waals surface area contributed by atoms with Crippen LogP contribution in [-0.4, -0.2) is 26.0 Å². The van der Waals surface area contributed by atoms with Gasteiger partial charge in [-0.15, -0.1) is 0 Å². The molecule has 130 valence electrons. The molecule has 0 aliphatic carbocycles. The highest BCUT2D eigenvalue weighted by molar-refractivity contribution is 7.89. The summed E-state index contributed by atoms with van der Waals surface area (Å²) in [7, 11) is -3.82. The maximum atomic E-state index is 13.7. The van der Waals surface area contributed by atoms with Crippen molar-refractivity contribution in [1.82, 2.24) is 9.88 Å². The van der Waals surface area contributed by atoms with Crippen LogP contribution in [0.3, 0.4) is 0 Å². The predicted molar refractivity (Wildman–Crippen MR) is 85.5 cm³/mol. The van der Waals surface area contributed by atoms with Gasteiger partial charge in [0.15, 0.2) is 5.76 Å². The van der Waals surface area contributed by atoms with E-state index in [0.29, 0.717) is 0 Å². The first-order valence-corrected chi connectivity index (χ1v) is 8.67. The van der Waals surface area contributed by atoms with Crippen molar-refractivity contribution in [3.63, 3.8) is 0 Å². The number of sulfonamides is 1. The Morgan fingerprint density at radius 1 is 1.29 bits per heavy atom. The van der Waals surface area contributed by atoms with Gasteiger partial charge < -0.3 is 9.84 Å². The first-order chi connectivity index (χ1) is 11.2. The third-order valence-corrected chi connectivity index (χ3v) is 4.98. The molecule has 1 aromatic carbocycles. The molecule has 0 bridgehead atoms. The van der Waals surface area contributed by atoms with E-state index in [1.807, 2.05) is 0 Å². The zero-order valence-electron chi connectivity index (χ0n) is 13.5. The largest absolute Gasteiger partial charge is 0.360 e. The highest BCUT2D eigenvalue weighted by atomic mass is 32.2. The molecule has 2 aromatic rings. The Bertz CT molecular complexity index is 842. The van der Waals surface area contributed by atoms with E-state index in [4.69, 9.17) is 4.52 Å². The zero-order chi connectivity index (χ0) is 17.9. The Balaban J connectivity index is 1.93. The Morgan fingerprint density at radius 3 is 2.58 bits per heavy atom. The molecule has 0 aliphatic rings. The van der Waals surface area contributed by atoms with E-state index in [0.717, 1.165) is 5.56 Å². The summed E-state index contributed by atoms with van der Waals surface area (Å²) in [4.78, 5) is 11.8. The predicted octanol–water partition coefficient (Wildman–Crippen LogP) is 2.05. The van der Waals surface area contributed by atoms with E-state index in [1.54, 1.807) is 13.0 Å². The van der Waals surface area contributed by atoms with Gasteiger partial charge in [-0.05, 0) is 38.5 Å². The van der Waals surface area contributed by atoms with Crippen molar-refractivity contribution in [2.75, 3.05) is 11.9 Å². The van der Waals surface area contributed by atoms with E-state index in [9.17, 15) is 17.6 Å². The number of hydrogen-bond acceptors (Lipinski definition) is 5. The molecule has 0 unspecified atom stereocenters. The Morgan fingerprint density at radius 2 is 2.00 bits per heavy atom. The average molecular weight is 355 g/mol. The number of benzene rings is 1. The average Bonchev–Trinajstić information content (AvgIpc) is 2.81. The van der Waals surface area contributed by atoms with E-state index in [-0.39, 0.29) is 35.0 Å². The van der Waals surface area contributed by atoms with Crippen molar-refractivity contribution < 1.29 is 22.1 Å². The second kappa shape index (κ2) is 7.10. The molecule has 0 saturated heterocycles. The third-order valence-electron chi connectivity index (χ3n) is 3.28. The van der Waals surface area contributed by atoms with Gasteiger partial charge in [0.25, 0.3) is 0 Å². The summed E-state index contributed by atoms with van der Waals surface area (Å²) in [6.07, 6.45) is -0.143. The molecule has 9 heteroatoms. The first kappa shape index (κ1) is 18.1. The fourth-order valence-corrected chi connectivity index (χ4v) is 3.52. The summed E-state index contributed by atoms with van der Waals surface area (Å²) in [5.74, 6) is -0.870. The molecule has 0 radical (unpaired) electrons. The van der Waals surface area contributed by atoms with Crippen molar-refractivity contribution >= 4 is 21.6 Å². The van der Waals surface area contributed by atoms with Crippen molar-refractivity contribution in [1.29, 1.82) is 0 Å². The van der Waals surface area contributed by atoms with Gasteiger partial charge in [-0.1, -0.05) is 11.2 Å². The van der Waals surface area contributed by atoms with Crippen LogP contribution in [0.4, 0.5) is 10.1 Å². The van der Waals surface area contributed by atoms with Crippen molar-refractivity contribution in [2.45, 2.75) is 32.1 Å². The Hall–Kier alpha value is -2.26. The molecule has 1 aromatic heterocycles. The molecule has 24 heavy (non-hydrogen) atoms. The molecular formula is C15H18FN3O4S. The highest BCUT2D eigenvalue weighted by Gasteiger charge is 2.23. The van der Waals surface area contributed by atoms with Gasteiger partial charge in [0.05, 0.1) is 5.69 Å². The minimum absolute atomic E-state index is 0.0347. The fraction of sp³-hybridized carbons (Fsp3) is 0.333. The fourth-order valence-electron chi connectivity index (χ4n) is 2.16. The van der Waals surface area contributed by atoms with Crippen LogP contribution in [0.1, 0.15) is 23.4 Å². The second-order valence-corrected chi connectivity index (χ2v) is 7.04. The van der Waals surface area contributed by atoms with E-state index in [2.05, 4.69) is 15.2 Å². The van der Waals surface area contributed by atoms with Gasteiger partial charge in [0.2, 0.25) is 15.9 Å². The molecule has 2 N–H and O–H groups in total. The van der Waals surface area contributed by atoms with Gasteiger partial charge in [-0.3, -0.25) is 4.79 Å². The molecule has 0 aliphatic heterocycles. The lowest BCUT2D eigenvalue weighted by atomic mass is 10.2. The van der Waals surface area contributed by atoms with Crippen LogP contribution in [0.25, 0.3) is 0 Å². The third kappa shape index (κ3) is 4.18. The highest BCUT2D eigenvalue weighted by Crippen LogP contribution is 2.18. The molecule has 1 amide bonds. The Labute approximate surface area is 139 Å². The summed E-state index contributed by atoms with van der Waals surface area (Å²) < 4.78 is 45.1. The zero-order valence-corrected chi connectivity index (χ0v) is 14.3. The van der Waals surface area contributed by atoms with E-state index >= 15 is 0 Å². The molecular weight excluding hydrogens is 337 g/mol. The van der Waals surface area contributed by atoms with Crippen molar-refractivity contribution in [3.8, 4) is 0 Å². The second-order valence-electron chi connectivity index (χ2n) is 5.33. The van der Waals surface area contributed by atoms with Gasteiger partial charge in [0.1, 0.15) is 16.4 Å². The number of halogens is 1. The maximum Gasteiger partial charge on any atom is 0.245 e. The van der Waals surface area contributed by atoms with Crippen LogP contribution in [0, 0.1) is 26.6 Å². The molecule has 0 saturated carbocycles. The molecule has 0 spiro atoms. The van der Waals surface area contributed by atoms with Gasteiger partial charge in [0, 0.05) is 13.0 Å². The number of carbonyl (C=O) groups excluding carboxylic acids is 1. The van der Waals surface area contributed by atoms with Crippen LogP contribution in [0.15, 0.2) is 27.6 Å². The van der Waals surface area contributed by atoms with Gasteiger partial charge >= 0.3 is 0 Å². The Kier molecular flexibility index (Phi) is 5.35. The minimum Gasteiger partial charge on any atom is -0.360 e. The molecule has 7 nitrogen and oxygen atoms in total. The summed E-state index contributed by atoms with van der Waals surface area (Å²) >= 11 is 0. The summed E-state index contributed by atoms with van der Waals surface area (Å²) in [5, 5.41) is 5.98. The number of anilines is 1. The monoisotopic (exact) mass is 355 g/mol. The van der Waals surface area contributed by atoms with Crippen LogP contribution in [0.2, 0.25) is 0 Å². The normalized spacial score (nSPS) is 11.5. The first-order valence-electron chi connectivity index (χ1n) is 7.19. The van der Waals surface area contributed by atoms with Crippen LogP contribution in [-0.2, 0) is 14.8 Å². The minimum atomic E-state index is -3.82. The lowest BCUT2D eigenvalue weighted by Crippen LogP contribution is -2.28. The molecule has 0 fully saturated rings. The van der Waals surface area contributed by atoms with E-state index < -0.39 is 21.7 Å². The summed E-state index contributed by atoms with van der Waals surface area (Å²) in [6.45, 7) is 4.60. The number of nitrogens with one attached hydrogen (secondary N) is 2. The number of nitrogens with zero attached hydrogens (tertiary/aromatic N) is 1. The summed E-state index contributed by atoms with van der Waals surface area (Å²) in [5.41, 5.74) is 1.03. The number of aryl methyl sites for hydroxylation is 3. The van der Waals surface area contributed by atoms with Crippen LogP contribution < -0.4 is 10.0 Å². The van der Waals surface area contributed by atoms with Gasteiger partial charge in [-0.2, -0.15) is 0 Å². The standard InChI is InChI=1S/C15H18FN3O4S/c1-9-4-5-13(12(16)8-9)18-14(20)6-7-17-24(21,22)15-10(2)19-23-11(15)3/h4-5,8,17H,6-7H2,1-3H3,(H,18,20). The van der Waals surface area contributed by atoms with Crippen molar-refractivity contribution in [2.24, 2.45) is 0 Å². The number of hydrogen-bond donors (Lipinski definition) is 2.